The molecule has 0 N–H and O–H groups in total. The number of amides is 1. The Kier molecular flexibility index (Phi) is 5.02. The third-order valence-corrected chi connectivity index (χ3v) is 4.62. The quantitative estimate of drug-likeness (QED) is 0.604. The summed E-state index contributed by atoms with van der Waals surface area (Å²) in [5.74, 6) is -0.162. The normalized spacial score (nSPS) is 14.1. The van der Waals surface area contributed by atoms with Gasteiger partial charge in [-0.15, -0.1) is 0 Å². The summed E-state index contributed by atoms with van der Waals surface area (Å²) in [5.41, 5.74) is 2.16. The van der Waals surface area contributed by atoms with Gasteiger partial charge in [-0.2, -0.15) is 0 Å². The minimum atomic E-state index is -0.500. The highest BCUT2D eigenvalue weighted by Gasteiger charge is 2.24. The first-order chi connectivity index (χ1) is 12.9. The van der Waals surface area contributed by atoms with E-state index in [4.69, 9.17) is 0 Å². The molecule has 1 amide bonds. The molecule has 0 saturated carbocycles. The molecule has 9 heteroatoms. The lowest BCUT2D eigenvalue weighted by Gasteiger charge is -2.36. The van der Waals surface area contributed by atoms with Crippen molar-refractivity contribution in [3.8, 4) is 0 Å². The number of hydrogen-bond acceptors (Lipinski definition) is 6. The first-order valence-corrected chi connectivity index (χ1v) is 8.40. The molecule has 0 aromatic heterocycles. The van der Waals surface area contributed by atoms with Gasteiger partial charge in [-0.25, -0.2) is 0 Å². The molecular formula is C18H18N4O5. The SMILES string of the molecule is Cc1cc([N+](=O)[O-])ccc1N1CCN(C(=O)c2ccc([N+](=O)[O-])cc2)CC1. The minimum absolute atomic E-state index is 0.0509. The number of carbonyl (C=O) groups is 1. The van der Waals surface area contributed by atoms with Crippen molar-refractivity contribution in [3.63, 3.8) is 0 Å². The number of nitrogens with zero attached hydrogens (tertiary/aromatic N) is 4. The average molecular weight is 370 g/mol. The molecule has 0 atom stereocenters. The van der Waals surface area contributed by atoms with Crippen molar-refractivity contribution in [1.82, 2.24) is 4.90 Å². The number of benzene rings is 2. The average Bonchev–Trinajstić information content (AvgIpc) is 2.67. The molecule has 27 heavy (non-hydrogen) atoms. The summed E-state index contributed by atoms with van der Waals surface area (Å²) < 4.78 is 0. The van der Waals surface area contributed by atoms with E-state index in [2.05, 4.69) is 4.90 Å². The summed E-state index contributed by atoms with van der Waals surface area (Å²) in [4.78, 5) is 37.0. The zero-order valence-electron chi connectivity index (χ0n) is 14.7. The van der Waals surface area contributed by atoms with E-state index >= 15 is 0 Å². The van der Waals surface area contributed by atoms with Gasteiger partial charge in [0.15, 0.2) is 0 Å². The second-order valence-corrected chi connectivity index (χ2v) is 6.31. The molecule has 0 aliphatic carbocycles. The largest absolute Gasteiger partial charge is 0.368 e. The number of hydrogen-bond donors (Lipinski definition) is 0. The van der Waals surface area contributed by atoms with Crippen LogP contribution < -0.4 is 4.90 Å². The summed E-state index contributed by atoms with van der Waals surface area (Å²) in [6, 6.07) is 10.3. The predicted octanol–water partition coefficient (Wildman–Crippen LogP) is 2.77. The van der Waals surface area contributed by atoms with Gasteiger partial charge in [-0.05, 0) is 30.7 Å². The van der Waals surface area contributed by atoms with Gasteiger partial charge in [0.25, 0.3) is 17.3 Å². The standard InChI is InChI=1S/C18H18N4O5/c1-13-12-16(22(26)27)6-7-17(13)19-8-10-20(11-9-19)18(23)14-2-4-15(5-3-14)21(24)25/h2-7,12H,8-11H2,1H3. The Labute approximate surface area is 155 Å². The highest BCUT2D eigenvalue weighted by atomic mass is 16.6. The Hall–Kier alpha value is -3.49. The summed E-state index contributed by atoms with van der Waals surface area (Å²) >= 11 is 0. The first-order valence-electron chi connectivity index (χ1n) is 8.40. The zero-order valence-corrected chi connectivity index (χ0v) is 14.7. The van der Waals surface area contributed by atoms with Crippen molar-refractivity contribution in [3.05, 3.63) is 73.8 Å². The summed E-state index contributed by atoms with van der Waals surface area (Å²) in [7, 11) is 0. The number of anilines is 1. The number of aryl methyl sites for hydroxylation is 1. The van der Waals surface area contributed by atoms with Gasteiger partial charge in [0.05, 0.1) is 9.85 Å². The molecule has 0 spiro atoms. The minimum Gasteiger partial charge on any atom is -0.368 e. The van der Waals surface area contributed by atoms with Crippen LogP contribution in [0.5, 0.6) is 0 Å². The second kappa shape index (κ2) is 7.40. The van der Waals surface area contributed by atoms with Gasteiger partial charge in [-0.3, -0.25) is 25.0 Å². The molecule has 1 saturated heterocycles. The maximum atomic E-state index is 12.6. The van der Waals surface area contributed by atoms with E-state index in [1.807, 2.05) is 6.92 Å². The maximum absolute atomic E-state index is 12.6. The van der Waals surface area contributed by atoms with Crippen molar-refractivity contribution in [1.29, 1.82) is 0 Å². The summed E-state index contributed by atoms with van der Waals surface area (Å²) in [5, 5.41) is 21.6. The highest BCUT2D eigenvalue weighted by Crippen LogP contribution is 2.26. The van der Waals surface area contributed by atoms with Crippen molar-refractivity contribution in [2.24, 2.45) is 0 Å². The second-order valence-electron chi connectivity index (χ2n) is 6.31. The van der Waals surface area contributed by atoms with E-state index in [0.29, 0.717) is 31.7 Å². The molecule has 2 aromatic rings. The van der Waals surface area contributed by atoms with Gasteiger partial charge < -0.3 is 9.80 Å². The van der Waals surface area contributed by atoms with E-state index in [0.717, 1.165) is 11.3 Å². The van der Waals surface area contributed by atoms with Gasteiger partial charge in [0, 0.05) is 61.7 Å². The Morgan fingerprint density at radius 1 is 0.889 bits per heavy atom. The van der Waals surface area contributed by atoms with Crippen molar-refractivity contribution >= 4 is 23.0 Å². The Morgan fingerprint density at radius 3 is 1.96 bits per heavy atom. The van der Waals surface area contributed by atoms with Crippen LogP contribution in [0.3, 0.4) is 0 Å². The molecule has 9 nitrogen and oxygen atoms in total. The van der Waals surface area contributed by atoms with Crippen molar-refractivity contribution < 1.29 is 14.6 Å². The predicted molar refractivity (Wildman–Crippen MR) is 99.0 cm³/mol. The van der Waals surface area contributed by atoms with Gasteiger partial charge in [0.1, 0.15) is 0 Å². The first kappa shape index (κ1) is 18.3. The van der Waals surface area contributed by atoms with E-state index in [9.17, 15) is 25.0 Å². The molecule has 140 valence electrons. The van der Waals surface area contributed by atoms with Crippen LogP contribution in [-0.4, -0.2) is 46.8 Å². The van der Waals surface area contributed by atoms with Gasteiger partial charge >= 0.3 is 0 Å². The fraction of sp³-hybridized carbons (Fsp3) is 0.278. The smallest absolute Gasteiger partial charge is 0.269 e. The number of piperazine rings is 1. The molecule has 1 fully saturated rings. The van der Waals surface area contributed by atoms with Gasteiger partial charge in [0.2, 0.25) is 0 Å². The van der Waals surface area contributed by atoms with Crippen LogP contribution in [0.2, 0.25) is 0 Å². The third-order valence-electron chi connectivity index (χ3n) is 4.62. The van der Waals surface area contributed by atoms with E-state index in [1.54, 1.807) is 17.0 Å². The highest BCUT2D eigenvalue weighted by molar-refractivity contribution is 5.94. The molecule has 1 aliphatic rings. The Balaban J connectivity index is 1.65. The van der Waals surface area contributed by atoms with Crippen LogP contribution in [0.15, 0.2) is 42.5 Å². The van der Waals surface area contributed by atoms with Crippen LogP contribution in [0.4, 0.5) is 17.1 Å². The summed E-state index contributed by atoms with van der Waals surface area (Å²) in [6.07, 6.45) is 0. The lowest BCUT2D eigenvalue weighted by atomic mass is 10.1. The lowest BCUT2D eigenvalue weighted by molar-refractivity contribution is -0.385. The monoisotopic (exact) mass is 370 g/mol. The molecule has 0 bridgehead atoms. The lowest BCUT2D eigenvalue weighted by Crippen LogP contribution is -2.49. The number of nitro groups is 2. The molecule has 0 unspecified atom stereocenters. The molecule has 3 rings (SSSR count). The van der Waals surface area contributed by atoms with Crippen LogP contribution in [0, 0.1) is 27.2 Å². The fourth-order valence-electron chi connectivity index (χ4n) is 3.17. The van der Waals surface area contributed by atoms with E-state index < -0.39 is 9.85 Å². The van der Waals surface area contributed by atoms with Crippen LogP contribution in [0.25, 0.3) is 0 Å². The van der Waals surface area contributed by atoms with Crippen LogP contribution in [-0.2, 0) is 0 Å². The summed E-state index contributed by atoms with van der Waals surface area (Å²) in [6.45, 7) is 4.06. The fourth-order valence-corrected chi connectivity index (χ4v) is 3.17. The molecule has 1 heterocycles. The number of carbonyl (C=O) groups excluding carboxylic acids is 1. The number of non-ortho nitro benzene ring substituents is 2. The molecule has 2 aromatic carbocycles. The molecular weight excluding hydrogens is 352 g/mol. The maximum Gasteiger partial charge on any atom is 0.269 e. The number of nitro benzene ring substituents is 2. The van der Waals surface area contributed by atoms with Crippen LogP contribution in [0.1, 0.15) is 15.9 Å². The number of rotatable bonds is 4. The van der Waals surface area contributed by atoms with Crippen molar-refractivity contribution in [2.45, 2.75) is 6.92 Å². The van der Waals surface area contributed by atoms with Gasteiger partial charge in [-0.1, -0.05) is 0 Å². The van der Waals surface area contributed by atoms with Crippen molar-refractivity contribution in [2.75, 3.05) is 31.1 Å². The van der Waals surface area contributed by atoms with E-state index in [1.165, 1.54) is 30.3 Å². The van der Waals surface area contributed by atoms with Crippen LogP contribution >= 0.6 is 0 Å². The molecule has 1 aliphatic heterocycles. The topological polar surface area (TPSA) is 110 Å². The van der Waals surface area contributed by atoms with E-state index in [-0.39, 0.29) is 17.3 Å². The third kappa shape index (κ3) is 3.86. The zero-order chi connectivity index (χ0) is 19.6. The Bertz CT molecular complexity index is 889. The Morgan fingerprint density at radius 2 is 1.44 bits per heavy atom. The molecule has 0 radical (unpaired) electrons.